The number of nitrogens with one attached hydrogen (secondary N) is 3. The van der Waals surface area contributed by atoms with Crippen molar-refractivity contribution < 1.29 is 18.4 Å². The van der Waals surface area contributed by atoms with Crippen LogP contribution in [0.2, 0.25) is 0 Å². The Labute approximate surface area is 219 Å². The van der Waals surface area contributed by atoms with E-state index in [1.165, 1.54) is 18.3 Å². The summed E-state index contributed by atoms with van der Waals surface area (Å²) in [5.74, 6) is -0.569. The second-order valence-corrected chi connectivity index (χ2v) is 9.75. The van der Waals surface area contributed by atoms with Gasteiger partial charge in [-0.05, 0) is 55.9 Å². The van der Waals surface area contributed by atoms with Crippen molar-refractivity contribution in [3.63, 3.8) is 0 Å². The van der Waals surface area contributed by atoms with Crippen LogP contribution in [0, 0.1) is 5.82 Å². The quantitative estimate of drug-likeness (QED) is 0.495. The van der Waals surface area contributed by atoms with Gasteiger partial charge in [0.25, 0.3) is 5.91 Å². The number of aliphatic imine (C=N–C) groups is 1. The lowest BCUT2D eigenvalue weighted by Gasteiger charge is -2.30. The topological polar surface area (TPSA) is 98.7 Å². The summed E-state index contributed by atoms with van der Waals surface area (Å²) in [6, 6.07) is 10.4. The second kappa shape index (κ2) is 11.5. The van der Waals surface area contributed by atoms with Crippen LogP contribution in [0.4, 0.5) is 14.6 Å². The molecule has 1 saturated carbocycles. The number of amides is 2. The molecule has 1 aromatic heterocycles. The Morgan fingerprint density at radius 3 is 2.50 bits per heavy atom. The first-order valence-electron chi connectivity index (χ1n) is 12.9. The van der Waals surface area contributed by atoms with E-state index in [2.05, 4.69) is 25.9 Å². The van der Waals surface area contributed by atoms with Gasteiger partial charge in [-0.25, -0.2) is 13.8 Å². The van der Waals surface area contributed by atoms with Crippen LogP contribution in [-0.4, -0.2) is 58.7 Å². The van der Waals surface area contributed by atoms with E-state index >= 15 is 0 Å². The highest BCUT2D eigenvalue weighted by molar-refractivity contribution is 6.00. The predicted octanol–water partition coefficient (Wildman–Crippen LogP) is 3.50. The Kier molecular flexibility index (Phi) is 7.76. The van der Waals surface area contributed by atoms with Crippen LogP contribution < -0.4 is 16.0 Å². The van der Waals surface area contributed by atoms with Gasteiger partial charge in [0.2, 0.25) is 5.91 Å². The molecule has 1 fully saturated rings. The van der Waals surface area contributed by atoms with E-state index in [0.29, 0.717) is 50.4 Å². The Balaban J connectivity index is 1.10. The first-order valence-corrected chi connectivity index (χ1v) is 12.9. The number of rotatable bonds is 8. The highest BCUT2D eigenvalue weighted by Gasteiger charge is 2.32. The molecule has 0 radical (unpaired) electrons. The Morgan fingerprint density at radius 2 is 1.74 bits per heavy atom. The maximum atomic E-state index is 13.9. The van der Waals surface area contributed by atoms with Crippen molar-refractivity contribution in [1.82, 2.24) is 20.5 Å². The number of amidine groups is 1. The molecule has 1 aromatic carbocycles. The van der Waals surface area contributed by atoms with Crippen LogP contribution in [0.15, 0.2) is 71.8 Å². The van der Waals surface area contributed by atoms with Crippen LogP contribution >= 0.6 is 0 Å². The van der Waals surface area contributed by atoms with Gasteiger partial charge in [0.05, 0.1) is 18.3 Å². The van der Waals surface area contributed by atoms with Gasteiger partial charge in [-0.2, -0.15) is 0 Å². The number of hydrogen-bond donors (Lipinski definition) is 3. The SMILES string of the molecule is O=C(NC1CCC(NC(=O)C2CN3C=C(F)C=CC3=N2)CC1)c1cc(F)cnc1NCCc1ccccc1. The Hall–Kier alpha value is -4.08. The molecule has 0 spiro atoms. The zero-order chi connectivity index (χ0) is 26.5. The van der Waals surface area contributed by atoms with E-state index in [0.717, 1.165) is 18.2 Å². The smallest absolute Gasteiger partial charge is 0.255 e. The predicted molar refractivity (Wildman–Crippen MR) is 141 cm³/mol. The molecular weight excluding hydrogens is 490 g/mol. The average Bonchev–Trinajstić information content (AvgIpc) is 3.35. The largest absolute Gasteiger partial charge is 0.369 e. The number of allylic oxidation sites excluding steroid dienone is 2. The molecule has 0 saturated heterocycles. The third-order valence-electron chi connectivity index (χ3n) is 6.98. The van der Waals surface area contributed by atoms with E-state index in [1.807, 2.05) is 30.3 Å². The summed E-state index contributed by atoms with van der Waals surface area (Å²) in [5.41, 5.74) is 1.32. The molecule has 2 aromatic rings. The molecule has 38 heavy (non-hydrogen) atoms. The first kappa shape index (κ1) is 25.6. The van der Waals surface area contributed by atoms with Crippen LogP contribution in [0.5, 0.6) is 0 Å². The fraction of sp³-hybridized carbons (Fsp3) is 0.357. The summed E-state index contributed by atoms with van der Waals surface area (Å²) in [7, 11) is 0. The molecule has 3 heterocycles. The van der Waals surface area contributed by atoms with Crippen LogP contribution in [0.1, 0.15) is 41.6 Å². The summed E-state index contributed by atoms with van der Waals surface area (Å²) in [6.45, 7) is 0.868. The van der Waals surface area contributed by atoms with E-state index < -0.39 is 11.9 Å². The van der Waals surface area contributed by atoms with Gasteiger partial charge in [-0.3, -0.25) is 14.6 Å². The lowest BCUT2D eigenvalue weighted by molar-refractivity contribution is -0.123. The standard InChI is InChI=1S/C28H30F2N6O2/c29-19-6-11-25-35-24(17-36(25)16-19)28(38)34-22-9-7-21(8-10-22)33-27(37)23-14-20(30)15-32-26(23)31-13-12-18-4-2-1-3-5-18/h1-6,11,14-16,21-22,24H,7-10,12-13,17H2,(H,31,32)(H,33,37)(H,34,38). The zero-order valence-electron chi connectivity index (χ0n) is 20.9. The van der Waals surface area contributed by atoms with Crippen molar-refractivity contribution in [2.24, 2.45) is 4.99 Å². The van der Waals surface area contributed by atoms with Gasteiger partial charge in [0.15, 0.2) is 0 Å². The maximum Gasteiger partial charge on any atom is 0.255 e. The van der Waals surface area contributed by atoms with Crippen LogP contribution in [0.3, 0.4) is 0 Å². The van der Waals surface area contributed by atoms with E-state index in [4.69, 9.17) is 0 Å². The number of hydrogen-bond acceptors (Lipinski definition) is 6. The molecule has 3 aliphatic rings. The molecule has 1 unspecified atom stereocenters. The van der Waals surface area contributed by atoms with Gasteiger partial charge < -0.3 is 20.9 Å². The maximum absolute atomic E-state index is 13.9. The second-order valence-electron chi connectivity index (χ2n) is 9.75. The minimum Gasteiger partial charge on any atom is -0.369 e. The molecule has 3 N–H and O–H groups in total. The number of nitrogens with zero attached hydrogens (tertiary/aromatic N) is 3. The van der Waals surface area contributed by atoms with Gasteiger partial charge in [-0.1, -0.05) is 30.3 Å². The van der Waals surface area contributed by atoms with Crippen molar-refractivity contribution in [2.75, 3.05) is 18.4 Å². The van der Waals surface area contributed by atoms with E-state index in [1.54, 1.807) is 11.0 Å². The first-order chi connectivity index (χ1) is 18.4. The molecule has 0 bridgehead atoms. The number of carbonyl (C=O) groups excluding carboxylic acids is 2. The third-order valence-corrected chi connectivity index (χ3v) is 6.98. The number of fused-ring (bicyclic) bond motifs is 1. The van der Waals surface area contributed by atoms with Gasteiger partial charge in [0.1, 0.15) is 29.3 Å². The molecule has 2 aliphatic heterocycles. The van der Waals surface area contributed by atoms with Crippen LogP contribution in [-0.2, 0) is 11.2 Å². The minimum absolute atomic E-state index is 0.0256. The monoisotopic (exact) mass is 520 g/mol. The number of benzene rings is 1. The third kappa shape index (κ3) is 6.24. The molecular formula is C28H30F2N6O2. The van der Waals surface area contributed by atoms with Gasteiger partial charge in [0, 0.05) is 24.8 Å². The average molecular weight is 521 g/mol. The minimum atomic E-state index is -0.581. The lowest BCUT2D eigenvalue weighted by Crippen LogP contribution is -2.46. The summed E-state index contributed by atoms with van der Waals surface area (Å²) in [6.07, 6.45) is 8.83. The Bertz CT molecular complexity index is 1270. The summed E-state index contributed by atoms with van der Waals surface area (Å²) < 4.78 is 27.4. The fourth-order valence-corrected chi connectivity index (χ4v) is 4.97. The van der Waals surface area contributed by atoms with Crippen molar-refractivity contribution in [2.45, 2.75) is 50.2 Å². The Morgan fingerprint density at radius 1 is 1.00 bits per heavy atom. The van der Waals surface area contributed by atoms with E-state index in [9.17, 15) is 18.4 Å². The molecule has 198 valence electrons. The molecule has 5 rings (SSSR count). The van der Waals surface area contributed by atoms with Gasteiger partial charge in [-0.15, -0.1) is 0 Å². The van der Waals surface area contributed by atoms with Crippen LogP contribution in [0.25, 0.3) is 0 Å². The molecule has 1 atom stereocenters. The van der Waals surface area contributed by atoms with Crippen molar-refractivity contribution in [3.8, 4) is 0 Å². The number of halogens is 2. The summed E-state index contributed by atoms with van der Waals surface area (Å²) >= 11 is 0. The molecule has 10 heteroatoms. The number of aromatic nitrogens is 1. The summed E-state index contributed by atoms with van der Waals surface area (Å²) in [4.78, 5) is 35.9. The molecule has 1 aliphatic carbocycles. The van der Waals surface area contributed by atoms with Gasteiger partial charge >= 0.3 is 0 Å². The number of pyridine rings is 1. The lowest BCUT2D eigenvalue weighted by atomic mass is 9.90. The highest BCUT2D eigenvalue weighted by Crippen LogP contribution is 2.22. The summed E-state index contributed by atoms with van der Waals surface area (Å²) in [5, 5.41) is 9.20. The van der Waals surface area contributed by atoms with E-state index in [-0.39, 0.29) is 35.3 Å². The fourth-order valence-electron chi connectivity index (χ4n) is 4.97. The number of anilines is 1. The van der Waals surface area contributed by atoms with Crippen molar-refractivity contribution in [1.29, 1.82) is 0 Å². The molecule has 2 amide bonds. The van der Waals surface area contributed by atoms with Crippen molar-refractivity contribution >= 4 is 23.5 Å². The highest BCUT2D eigenvalue weighted by atomic mass is 19.1. The van der Waals surface area contributed by atoms with Crippen molar-refractivity contribution in [3.05, 3.63) is 83.7 Å². The normalized spacial score (nSPS) is 22.3. The zero-order valence-corrected chi connectivity index (χ0v) is 20.9. The molecule has 8 nitrogen and oxygen atoms in total. The number of carbonyl (C=O) groups is 2.